The molecular formula is C15H28N2O3. The van der Waals surface area contributed by atoms with Crippen molar-refractivity contribution in [2.45, 2.75) is 34.1 Å². The molecule has 0 spiro atoms. The van der Waals surface area contributed by atoms with E-state index in [1.54, 1.807) is 0 Å². The van der Waals surface area contributed by atoms with Gasteiger partial charge in [-0.25, -0.2) is 0 Å². The van der Waals surface area contributed by atoms with Gasteiger partial charge in [-0.1, -0.05) is 27.7 Å². The lowest BCUT2D eigenvalue weighted by atomic mass is 10.2. The van der Waals surface area contributed by atoms with E-state index in [9.17, 15) is 9.59 Å². The van der Waals surface area contributed by atoms with E-state index in [0.717, 1.165) is 19.6 Å². The van der Waals surface area contributed by atoms with Gasteiger partial charge < -0.3 is 14.9 Å². The van der Waals surface area contributed by atoms with Crippen LogP contribution in [-0.2, 0) is 9.59 Å². The van der Waals surface area contributed by atoms with Crippen LogP contribution in [0.4, 0.5) is 0 Å². The summed E-state index contributed by atoms with van der Waals surface area (Å²) in [6.07, 6.45) is 0.508. The number of hydrogen-bond acceptors (Lipinski definition) is 3. The Morgan fingerprint density at radius 2 is 1.75 bits per heavy atom. The molecule has 1 amide bonds. The quantitative estimate of drug-likeness (QED) is 0.697. The number of rotatable bonds is 9. The zero-order chi connectivity index (χ0) is 15.3. The Labute approximate surface area is 121 Å². The standard InChI is InChI=1S/C15H28N2O3/c1-5-16(6-2)7-8-17(10-11(3)4)14(18)12-9-13(12)15(19)20/h11-13H,5-10H2,1-4H3,(H,19,20). The third-order valence-electron chi connectivity index (χ3n) is 3.90. The van der Waals surface area contributed by atoms with Crippen LogP contribution in [0.1, 0.15) is 34.1 Å². The molecule has 20 heavy (non-hydrogen) atoms. The molecule has 1 rings (SSSR count). The van der Waals surface area contributed by atoms with E-state index in [1.165, 1.54) is 0 Å². The van der Waals surface area contributed by atoms with E-state index in [-0.39, 0.29) is 11.8 Å². The van der Waals surface area contributed by atoms with Crippen LogP contribution < -0.4 is 0 Å². The second-order valence-electron chi connectivity index (χ2n) is 5.99. The molecule has 1 aliphatic rings. The lowest BCUT2D eigenvalue weighted by molar-refractivity contribution is -0.142. The highest BCUT2D eigenvalue weighted by molar-refractivity contribution is 5.89. The number of aliphatic carboxylic acids is 1. The third kappa shape index (κ3) is 4.78. The highest BCUT2D eigenvalue weighted by atomic mass is 16.4. The maximum Gasteiger partial charge on any atom is 0.307 e. The minimum absolute atomic E-state index is 0.0262. The first kappa shape index (κ1) is 17.0. The second-order valence-corrected chi connectivity index (χ2v) is 5.99. The van der Waals surface area contributed by atoms with E-state index in [1.807, 2.05) is 4.90 Å². The molecule has 1 aliphatic carbocycles. The van der Waals surface area contributed by atoms with Crippen LogP contribution in [0.15, 0.2) is 0 Å². The molecule has 1 saturated carbocycles. The summed E-state index contributed by atoms with van der Waals surface area (Å²) in [5.41, 5.74) is 0. The molecule has 0 aromatic heterocycles. The fourth-order valence-electron chi connectivity index (χ4n) is 2.51. The molecule has 0 heterocycles. The van der Waals surface area contributed by atoms with Gasteiger partial charge in [-0.05, 0) is 25.4 Å². The number of carbonyl (C=O) groups excluding carboxylic acids is 1. The average Bonchev–Trinajstić information content (AvgIpc) is 3.17. The topological polar surface area (TPSA) is 60.9 Å². The van der Waals surface area contributed by atoms with Crippen molar-refractivity contribution in [3.05, 3.63) is 0 Å². The van der Waals surface area contributed by atoms with E-state index >= 15 is 0 Å². The van der Waals surface area contributed by atoms with Gasteiger partial charge >= 0.3 is 5.97 Å². The first-order valence-corrected chi connectivity index (χ1v) is 7.64. The maximum atomic E-state index is 12.4. The van der Waals surface area contributed by atoms with Crippen molar-refractivity contribution in [3.8, 4) is 0 Å². The second kappa shape index (κ2) is 7.62. The van der Waals surface area contributed by atoms with Crippen LogP contribution in [0.5, 0.6) is 0 Å². The lowest BCUT2D eigenvalue weighted by Crippen LogP contribution is -2.41. The van der Waals surface area contributed by atoms with Gasteiger partial charge in [-0.2, -0.15) is 0 Å². The molecule has 5 nitrogen and oxygen atoms in total. The normalized spacial score (nSPS) is 21.3. The summed E-state index contributed by atoms with van der Waals surface area (Å²) in [4.78, 5) is 27.4. The van der Waals surface area contributed by atoms with Crippen molar-refractivity contribution < 1.29 is 14.7 Å². The van der Waals surface area contributed by atoms with Gasteiger partial charge in [0.2, 0.25) is 5.91 Å². The van der Waals surface area contributed by atoms with Gasteiger partial charge in [0.1, 0.15) is 0 Å². The Kier molecular flexibility index (Phi) is 6.46. The van der Waals surface area contributed by atoms with Crippen LogP contribution in [0.2, 0.25) is 0 Å². The summed E-state index contributed by atoms with van der Waals surface area (Å²) < 4.78 is 0. The molecule has 1 fully saturated rings. The largest absolute Gasteiger partial charge is 0.481 e. The minimum atomic E-state index is -0.836. The van der Waals surface area contributed by atoms with Crippen LogP contribution in [0.25, 0.3) is 0 Å². The Balaban J connectivity index is 2.55. The summed E-state index contributed by atoms with van der Waals surface area (Å²) >= 11 is 0. The molecule has 0 aromatic rings. The van der Waals surface area contributed by atoms with E-state index in [0.29, 0.717) is 25.4 Å². The fourth-order valence-corrected chi connectivity index (χ4v) is 2.51. The molecule has 2 atom stereocenters. The summed E-state index contributed by atoms with van der Waals surface area (Å²) in [6.45, 7) is 12.6. The Hall–Kier alpha value is -1.10. The molecule has 5 heteroatoms. The van der Waals surface area contributed by atoms with Gasteiger partial charge in [0, 0.05) is 19.6 Å². The van der Waals surface area contributed by atoms with Crippen molar-refractivity contribution in [2.75, 3.05) is 32.7 Å². The number of carbonyl (C=O) groups is 2. The number of carboxylic acid groups (broad SMARTS) is 1. The van der Waals surface area contributed by atoms with Crippen molar-refractivity contribution in [3.63, 3.8) is 0 Å². The molecule has 2 unspecified atom stereocenters. The number of carboxylic acids is 1. The van der Waals surface area contributed by atoms with Crippen molar-refractivity contribution in [2.24, 2.45) is 17.8 Å². The molecule has 0 saturated heterocycles. The van der Waals surface area contributed by atoms with Gasteiger partial charge in [0.25, 0.3) is 0 Å². The van der Waals surface area contributed by atoms with Gasteiger partial charge in [0.05, 0.1) is 11.8 Å². The highest BCUT2D eigenvalue weighted by Gasteiger charge is 2.49. The zero-order valence-corrected chi connectivity index (χ0v) is 13.1. The molecule has 0 radical (unpaired) electrons. The molecule has 0 aliphatic heterocycles. The Morgan fingerprint density at radius 1 is 1.15 bits per heavy atom. The van der Waals surface area contributed by atoms with Crippen molar-refractivity contribution in [1.82, 2.24) is 9.80 Å². The highest BCUT2D eigenvalue weighted by Crippen LogP contribution is 2.40. The molecular weight excluding hydrogens is 256 g/mol. The predicted molar refractivity (Wildman–Crippen MR) is 78.4 cm³/mol. The third-order valence-corrected chi connectivity index (χ3v) is 3.90. The van der Waals surface area contributed by atoms with E-state index < -0.39 is 11.9 Å². The van der Waals surface area contributed by atoms with Crippen LogP contribution >= 0.6 is 0 Å². The van der Waals surface area contributed by atoms with Crippen LogP contribution in [0, 0.1) is 17.8 Å². The molecule has 0 aromatic carbocycles. The van der Waals surface area contributed by atoms with Crippen LogP contribution in [0.3, 0.4) is 0 Å². The van der Waals surface area contributed by atoms with E-state index in [2.05, 4.69) is 32.6 Å². The average molecular weight is 284 g/mol. The van der Waals surface area contributed by atoms with Crippen LogP contribution in [-0.4, -0.2) is 59.5 Å². The summed E-state index contributed by atoms with van der Waals surface area (Å²) in [5.74, 6) is -1.15. The summed E-state index contributed by atoms with van der Waals surface area (Å²) in [5, 5.41) is 8.95. The first-order chi connectivity index (χ1) is 9.40. The fraction of sp³-hybridized carbons (Fsp3) is 0.867. The molecule has 116 valence electrons. The van der Waals surface area contributed by atoms with E-state index in [4.69, 9.17) is 5.11 Å². The summed E-state index contributed by atoms with van der Waals surface area (Å²) in [6, 6.07) is 0. The first-order valence-electron chi connectivity index (χ1n) is 7.64. The predicted octanol–water partition coefficient (Wildman–Crippen LogP) is 1.53. The van der Waals surface area contributed by atoms with Crippen molar-refractivity contribution >= 4 is 11.9 Å². The monoisotopic (exact) mass is 284 g/mol. The minimum Gasteiger partial charge on any atom is -0.481 e. The van der Waals surface area contributed by atoms with Gasteiger partial charge in [0.15, 0.2) is 0 Å². The Morgan fingerprint density at radius 3 is 2.15 bits per heavy atom. The van der Waals surface area contributed by atoms with Gasteiger partial charge in [-0.3, -0.25) is 9.59 Å². The zero-order valence-electron chi connectivity index (χ0n) is 13.1. The molecule has 0 bridgehead atoms. The summed E-state index contributed by atoms with van der Waals surface area (Å²) in [7, 11) is 0. The number of likely N-dealkylation sites (N-methyl/N-ethyl adjacent to an activating group) is 1. The maximum absolute atomic E-state index is 12.4. The van der Waals surface area contributed by atoms with Gasteiger partial charge in [-0.15, -0.1) is 0 Å². The smallest absolute Gasteiger partial charge is 0.307 e. The number of hydrogen-bond donors (Lipinski definition) is 1. The number of nitrogens with zero attached hydrogens (tertiary/aromatic N) is 2. The SMILES string of the molecule is CCN(CC)CCN(CC(C)C)C(=O)C1CC1C(=O)O. The van der Waals surface area contributed by atoms with Crippen molar-refractivity contribution in [1.29, 1.82) is 0 Å². The number of amides is 1. The Bertz CT molecular complexity index is 340. The molecule has 1 N–H and O–H groups in total. The lowest BCUT2D eigenvalue weighted by Gasteiger charge is -2.28.